The molecular formula is C17H34. The molecule has 0 aliphatic carbocycles. The Balaban J connectivity index is 2.87. The van der Waals surface area contributed by atoms with Crippen LogP contribution in [0.3, 0.4) is 0 Å². The molecule has 0 saturated heterocycles. The summed E-state index contributed by atoms with van der Waals surface area (Å²) >= 11 is 0. The normalized spacial score (nSPS) is 10.6. The molecule has 0 spiro atoms. The van der Waals surface area contributed by atoms with Crippen LogP contribution in [0, 0.1) is 0 Å². The third-order valence-corrected chi connectivity index (χ3v) is 3.51. The fourth-order valence-electron chi connectivity index (χ4n) is 2.31. The number of allylic oxidation sites excluding steroid dienone is 1. The van der Waals surface area contributed by atoms with E-state index in [4.69, 9.17) is 0 Å². The van der Waals surface area contributed by atoms with Gasteiger partial charge in [-0.25, -0.2) is 0 Å². The molecule has 0 N–H and O–H groups in total. The van der Waals surface area contributed by atoms with Gasteiger partial charge in [0.25, 0.3) is 0 Å². The first-order valence-electron chi connectivity index (χ1n) is 8.02. The van der Waals surface area contributed by atoms with E-state index < -0.39 is 0 Å². The van der Waals surface area contributed by atoms with Gasteiger partial charge in [0.2, 0.25) is 0 Å². The zero-order valence-electron chi connectivity index (χ0n) is 12.2. The third-order valence-electron chi connectivity index (χ3n) is 3.51. The van der Waals surface area contributed by atoms with Crippen LogP contribution >= 0.6 is 0 Å². The van der Waals surface area contributed by atoms with Crippen molar-refractivity contribution >= 4 is 0 Å². The molecule has 0 unspecified atom stereocenters. The summed E-state index contributed by atoms with van der Waals surface area (Å²) in [5.74, 6) is 0. The van der Waals surface area contributed by atoms with Crippen LogP contribution in [-0.2, 0) is 0 Å². The lowest BCUT2D eigenvalue weighted by molar-refractivity contribution is 0.540. The van der Waals surface area contributed by atoms with Crippen molar-refractivity contribution in [1.82, 2.24) is 0 Å². The topological polar surface area (TPSA) is 0 Å². The van der Waals surface area contributed by atoms with Crippen molar-refractivity contribution in [3.63, 3.8) is 0 Å². The summed E-state index contributed by atoms with van der Waals surface area (Å²) in [6, 6.07) is 0. The second-order valence-electron chi connectivity index (χ2n) is 5.32. The molecule has 0 nitrogen and oxygen atoms in total. The highest BCUT2D eigenvalue weighted by Crippen LogP contribution is 2.12. The van der Waals surface area contributed by atoms with Gasteiger partial charge in [0.05, 0.1) is 0 Å². The van der Waals surface area contributed by atoms with Gasteiger partial charge in [-0.3, -0.25) is 0 Å². The van der Waals surface area contributed by atoms with Gasteiger partial charge in [-0.15, -0.1) is 6.58 Å². The summed E-state index contributed by atoms with van der Waals surface area (Å²) < 4.78 is 0. The van der Waals surface area contributed by atoms with Crippen molar-refractivity contribution < 1.29 is 0 Å². The largest absolute Gasteiger partial charge is 0.103 e. The lowest BCUT2D eigenvalue weighted by Crippen LogP contribution is -1.82. The molecule has 0 fully saturated rings. The second kappa shape index (κ2) is 15.7. The van der Waals surface area contributed by atoms with E-state index in [1.54, 1.807) is 0 Å². The third kappa shape index (κ3) is 15.7. The maximum atomic E-state index is 3.75. The monoisotopic (exact) mass is 238 g/mol. The van der Waals surface area contributed by atoms with Crippen LogP contribution in [0.4, 0.5) is 0 Å². The molecule has 0 aliphatic rings. The van der Waals surface area contributed by atoms with E-state index in [1.165, 1.54) is 89.9 Å². The number of unbranched alkanes of at least 4 members (excludes halogenated alkanes) is 13. The van der Waals surface area contributed by atoms with Crippen LogP contribution in [0.2, 0.25) is 0 Å². The summed E-state index contributed by atoms with van der Waals surface area (Å²) in [4.78, 5) is 0. The maximum Gasteiger partial charge on any atom is -0.0353 e. The summed E-state index contributed by atoms with van der Waals surface area (Å²) in [6.45, 7) is 6.04. The Bertz CT molecular complexity index is 137. The summed E-state index contributed by atoms with van der Waals surface area (Å²) in [7, 11) is 0. The SMILES string of the molecule is C=CCCCCCCCCCCCCCCC. The van der Waals surface area contributed by atoms with E-state index in [0.29, 0.717) is 0 Å². The molecule has 0 saturated carbocycles. The van der Waals surface area contributed by atoms with Crippen LogP contribution in [-0.4, -0.2) is 0 Å². The Morgan fingerprint density at radius 2 is 0.941 bits per heavy atom. The molecule has 0 bridgehead atoms. The Morgan fingerprint density at radius 3 is 1.29 bits per heavy atom. The summed E-state index contributed by atoms with van der Waals surface area (Å²) in [5.41, 5.74) is 0. The minimum atomic E-state index is 1.21. The minimum Gasteiger partial charge on any atom is -0.103 e. The molecule has 0 radical (unpaired) electrons. The highest BCUT2D eigenvalue weighted by molar-refractivity contribution is 4.65. The van der Waals surface area contributed by atoms with Crippen molar-refractivity contribution in [1.29, 1.82) is 0 Å². The van der Waals surface area contributed by atoms with Crippen molar-refractivity contribution in [2.24, 2.45) is 0 Å². The first-order chi connectivity index (χ1) is 8.41. The van der Waals surface area contributed by atoms with E-state index >= 15 is 0 Å². The maximum absolute atomic E-state index is 3.75. The molecule has 102 valence electrons. The Labute approximate surface area is 110 Å². The summed E-state index contributed by atoms with van der Waals surface area (Å²) in [6.07, 6.45) is 22.0. The van der Waals surface area contributed by atoms with Gasteiger partial charge < -0.3 is 0 Å². The van der Waals surface area contributed by atoms with Gasteiger partial charge in [0, 0.05) is 0 Å². The molecule has 17 heavy (non-hydrogen) atoms. The minimum absolute atomic E-state index is 1.21. The Kier molecular flexibility index (Phi) is 15.5. The van der Waals surface area contributed by atoms with Crippen LogP contribution in [0.5, 0.6) is 0 Å². The van der Waals surface area contributed by atoms with Gasteiger partial charge in [0.1, 0.15) is 0 Å². The van der Waals surface area contributed by atoms with Crippen molar-refractivity contribution in [2.45, 2.75) is 96.8 Å². The lowest BCUT2D eigenvalue weighted by atomic mass is 10.0. The molecule has 0 rings (SSSR count). The van der Waals surface area contributed by atoms with Gasteiger partial charge in [-0.05, 0) is 12.8 Å². The van der Waals surface area contributed by atoms with Gasteiger partial charge in [-0.1, -0.05) is 90.0 Å². The predicted molar refractivity (Wildman–Crippen MR) is 80.5 cm³/mol. The van der Waals surface area contributed by atoms with E-state index in [1.807, 2.05) is 6.08 Å². The first-order valence-corrected chi connectivity index (χ1v) is 8.02. The fourth-order valence-corrected chi connectivity index (χ4v) is 2.31. The molecule has 0 heterocycles. The molecule has 0 amide bonds. The van der Waals surface area contributed by atoms with Gasteiger partial charge >= 0.3 is 0 Å². The van der Waals surface area contributed by atoms with E-state index in [0.717, 1.165) is 0 Å². The molecule has 0 atom stereocenters. The fraction of sp³-hybridized carbons (Fsp3) is 0.882. The molecule has 0 aromatic rings. The zero-order chi connectivity index (χ0) is 12.6. The highest BCUT2D eigenvalue weighted by atomic mass is 14.0. The average molecular weight is 238 g/mol. The van der Waals surface area contributed by atoms with Crippen LogP contribution in [0.1, 0.15) is 96.8 Å². The predicted octanol–water partition coefficient (Wildman–Crippen LogP) is 6.65. The number of rotatable bonds is 14. The molecule has 0 aromatic carbocycles. The van der Waals surface area contributed by atoms with Crippen LogP contribution < -0.4 is 0 Å². The standard InChI is InChI=1S/C17H34/c1-3-5-7-9-11-13-15-17-16-14-12-10-8-6-4-2/h3H,1,4-17H2,2H3. The Morgan fingerprint density at radius 1 is 0.588 bits per heavy atom. The second-order valence-corrected chi connectivity index (χ2v) is 5.32. The summed E-state index contributed by atoms with van der Waals surface area (Å²) in [5, 5.41) is 0. The number of hydrogen-bond donors (Lipinski definition) is 0. The van der Waals surface area contributed by atoms with Crippen molar-refractivity contribution in [3.8, 4) is 0 Å². The van der Waals surface area contributed by atoms with E-state index in [9.17, 15) is 0 Å². The molecular weight excluding hydrogens is 204 g/mol. The highest BCUT2D eigenvalue weighted by Gasteiger charge is 1.93. The van der Waals surface area contributed by atoms with Crippen LogP contribution in [0.15, 0.2) is 12.7 Å². The quantitative estimate of drug-likeness (QED) is 0.235. The van der Waals surface area contributed by atoms with E-state index in [-0.39, 0.29) is 0 Å². The average Bonchev–Trinajstić information content (AvgIpc) is 2.35. The zero-order valence-corrected chi connectivity index (χ0v) is 12.2. The number of hydrogen-bond acceptors (Lipinski definition) is 0. The van der Waals surface area contributed by atoms with E-state index in [2.05, 4.69) is 13.5 Å². The molecule has 0 heteroatoms. The van der Waals surface area contributed by atoms with Crippen LogP contribution in [0.25, 0.3) is 0 Å². The van der Waals surface area contributed by atoms with Gasteiger partial charge in [-0.2, -0.15) is 0 Å². The first kappa shape index (κ1) is 16.7. The molecule has 0 aromatic heterocycles. The Hall–Kier alpha value is -0.260. The molecule has 0 aliphatic heterocycles. The lowest BCUT2D eigenvalue weighted by Gasteiger charge is -2.02. The van der Waals surface area contributed by atoms with Crippen molar-refractivity contribution in [2.75, 3.05) is 0 Å². The van der Waals surface area contributed by atoms with Gasteiger partial charge in [0.15, 0.2) is 0 Å². The smallest absolute Gasteiger partial charge is 0.0353 e. The van der Waals surface area contributed by atoms with Crippen molar-refractivity contribution in [3.05, 3.63) is 12.7 Å².